The lowest BCUT2D eigenvalue weighted by Gasteiger charge is -2.38. The third-order valence-electron chi connectivity index (χ3n) is 5.68. The molecule has 5 rings (SSSR count). The van der Waals surface area contributed by atoms with E-state index in [0.717, 1.165) is 61.8 Å². The van der Waals surface area contributed by atoms with Crippen LogP contribution in [-0.4, -0.2) is 40.8 Å². The smallest absolute Gasteiger partial charge is 0.166 e. The Labute approximate surface area is 152 Å². The quantitative estimate of drug-likeness (QED) is 0.787. The van der Waals surface area contributed by atoms with Gasteiger partial charge in [-0.25, -0.2) is 9.97 Å². The van der Waals surface area contributed by atoms with Gasteiger partial charge in [-0.3, -0.25) is 4.57 Å². The molecule has 1 saturated heterocycles. The summed E-state index contributed by atoms with van der Waals surface area (Å²) in [5.41, 5.74) is 10.4. The zero-order valence-electron chi connectivity index (χ0n) is 14.8. The highest BCUT2D eigenvalue weighted by Gasteiger charge is 2.34. The molecule has 26 heavy (non-hydrogen) atoms. The van der Waals surface area contributed by atoms with E-state index in [1.165, 1.54) is 12.0 Å². The predicted molar refractivity (Wildman–Crippen MR) is 102 cm³/mol. The van der Waals surface area contributed by atoms with Crippen LogP contribution in [0.5, 0.6) is 0 Å². The summed E-state index contributed by atoms with van der Waals surface area (Å²) in [6, 6.07) is 12.6. The topological polar surface area (TPSA) is 69.2 Å². The molecule has 0 bridgehead atoms. The van der Waals surface area contributed by atoms with E-state index in [0.29, 0.717) is 0 Å². The number of fused-ring (bicyclic) bond motifs is 1. The van der Waals surface area contributed by atoms with Crippen molar-refractivity contribution in [3.05, 3.63) is 48.3 Å². The Hall–Kier alpha value is -2.44. The fourth-order valence-electron chi connectivity index (χ4n) is 3.84. The molecular weight excluding hydrogens is 326 g/mol. The third kappa shape index (κ3) is 2.57. The standard InChI is InChI=1S/C20H23N5O/c21-20(8-1-9-20)15-2-4-16(5-3-15)25-14-22-17-6-7-18(23-19(17)25)24-10-12-26-13-11-24/h2-7,14H,1,8-13,21H2. The number of rotatable bonds is 3. The lowest BCUT2D eigenvalue weighted by Crippen LogP contribution is -2.43. The molecule has 134 valence electrons. The minimum Gasteiger partial charge on any atom is -0.378 e. The van der Waals surface area contributed by atoms with Crippen molar-refractivity contribution in [3.8, 4) is 5.69 Å². The van der Waals surface area contributed by atoms with Crippen LogP contribution in [0.25, 0.3) is 16.9 Å². The molecule has 1 aliphatic heterocycles. The molecule has 2 aliphatic rings. The Kier molecular flexibility index (Phi) is 3.69. The van der Waals surface area contributed by atoms with Gasteiger partial charge in [0.15, 0.2) is 5.65 Å². The van der Waals surface area contributed by atoms with E-state index in [4.69, 9.17) is 15.5 Å². The number of hydrogen-bond donors (Lipinski definition) is 1. The Morgan fingerprint density at radius 3 is 2.46 bits per heavy atom. The van der Waals surface area contributed by atoms with E-state index in [1.54, 1.807) is 0 Å². The summed E-state index contributed by atoms with van der Waals surface area (Å²) in [6.07, 6.45) is 5.21. The molecular formula is C20H23N5O. The Balaban J connectivity index is 1.50. The maximum absolute atomic E-state index is 6.44. The summed E-state index contributed by atoms with van der Waals surface area (Å²) in [4.78, 5) is 11.7. The van der Waals surface area contributed by atoms with Gasteiger partial charge in [-0.05, 0) is 49.1 Å². The molecule has 6 heteroatoms. The van der Waals surface area contributed by atoms with Gasteiger partial charge in [0.25, 0.3) is 0 Å². The van der Waals surface area contributed by atoms with Gasteiger partial charge in [0.1, 0.15) is 17.7 Å². The molecule has 0 unspecified atom stereocenters. The monoisotopic (exact) mass is 349 g/mol. The van der Waals surface area contributed by atoms with Gasteiger partial charge >= 0.3 is 0 Å². The van der Waals surface area contributed by atoms with Crippen molar-refractivity contribution >= 4 is 17.0 Å². The first-order valence-electron chi connectivity index (χ1n) is 9.30. The highest BCUT2D eigenvalue weighted by molar-refractivity contribution is 5.75. The Morgan fingerprint density at radius 2 is 1.77 bits per heavy atom. The van der Waals surface area contributed by atoms with Gasteiger partial charge in [0, 0.05) is 24.3 Å². The molecule has 0 amide bonds. The summed E-state index contributed by atoms with van der Waals surface area (Å²) >= 11 is 0. The summed E-state index contributed by atoms with van der Waals surface area (Å²) < 4.78 is 7.49. The second kappa shape index (κ2) is 6.07. The van der Waals surface area contributed by atoms with E-state index < -0.39 is 0 Å². The van der Waals surface area contributed by atoms with Crippen molar-refractivity contribution in [3.63, 3.8) is 0 Å². The minimum absolute atomic E-state index is 0.128. The van der Waals surface area contributed by atoms with Gasteiger partial charge in [-0.1, -0.05) is 12.1 Å². The molecule has 2 N–H and O–H groups in total. The van der Waals surface area contributed by atoms with Gasteiger partial charge in [0.2, 0.25) is 0 Å². The van der Waals surface area contributed by atoms with E-state index in [9.17, 15) is 0 Å². The highest BCUT2D eigenvalue weighted by atomic mass is 16.5. The van der Waals surface area contributed by atoms with Crippen molar-refractivity contribution in [2.24, 2.45) is 5.73 Å². The molecule has 3 aromatic rings. The molecule has 2 fully saturated rings. The van der Waals surface area contributed by atoms with Crippen molar-refractivity contribution in [2.45, 2.75) is 24.8 Å². The second-order valence-electron chi connectivity index (χ2n) is 7.28. The molecule has 1 saturated carbocycles. The number of imidazole rings is 1. The number of morpholine rings is 1. The van der Waals surface area contributed by atoms with Gasteiger partial charge in [-0.2, -0.15) is 0 Å². The molecule has 2 aromatic heterocycles. The Bertz CT molecular complexity index is 923. The fraction of sp³-hybridized carbons (Fsp3) is 0.400. The van der Waals surface area contributed by atoms with Gasteiger partial charge < -0.3 is 15.4 Å². The number of pyridine rings is 1. The van der Waals surface area contributed by atoms with E-state index in [1.807, 2.05) is 23.0 Å². The van der Waals surface area contributed by atoms with Crippen LogP contribution < -0.4 is 10.6 Å². The van der Waals surface area contributed by atoms with E-state index >= 15 is 0 Å². The predicted octanol–water partition coefficient (Wildman–Crippen LogP) is 2.60. The summed E-state index contributed by atoms with van der Waals surface area (Å²) in [7, 11) is 0. The SMILES string of the molecule is NC1(c2ccc(-n3cnc4ccc(N5CCOCC5)nc43)cc2)CCC1. The van der Waals surface area contributed by atoms with Crippen molar-refractivity contribution in [2.75, 3.05) is 31.2 Å². The van der Waals surface area contributed by atoms with Crippen LogP contribution in [0.1, 0.15) is 24.8 Å². The number of anilines is 1. The molecule has 0 spiro atoms. The van der Waals surface area contributed by atoms with E-state index in [2.05, 4.69) is 34.1 Å². The van der Waals surface area contributed by atoms with Crippen LogP contribution in [0.15, 0.2) is 42.7 Å². The summed E-state index contributed by atoms with van der Waals surface area (Å²) in [6.45, 7) is 3.25. The highest BCUT2D eigenvalue weighted by Crippen LogP contribution is 2.38. The number of aromatic nitrogens is 3. The normalized spacial score (nSPS) is 19.5. The summed E-state index contributed by atoms with van der Waals surface area (Å²) in [5.74, 6) is 0.981. The van der Waals surface area contributed by atoms with Crippen molar-refractivity contribution in [1.29, 1.82) is 0 Å². The average Bonchev–Trinajstić information content (AvgIpc) is 3.10. The molecule has 0 radical (unpaired) electrons. The Morgan fingerprint density at radius 1 is 1.00 bits per heavy atom. The number of benzene rings is 1. The fourth-order valence-corrected chi connectivity index (χ4v) is 3.84. The lowest BCUT2D eigenvalue weighted by molar-refractivity contribution is 0.122. The maximum atomic E-state index is 6.44. The van der Waals surface area contributed by atoms with Crippen LogP contribution in [-0.2, 0) is 10.3 Å². The van der Waals surface area contributed by atoms with Gasteiger partial charge in [0.05, 0.1) is 13.2 Å². The molecule has 0 atom stereocenters. The largest absolute Gasteiger partial charge is 0.378 e. The third-order valence-corrected chi connectivity index (χ3v) is 5.68. The zero-order chi connectivity index (χ0) is 17.6. The summed E-state index contributed by atoms with van der Waals surface area (Å²) in [5, 5.41) is 0. The molecule has 1 aliphatic carbocycles. The number of nitrogens with zero attached hydrogens (tertiary/aromatic N) is 4. The average molecular weight is 349 g/mol. The molecule has 3 heterocycles. The zero-order valence-corrected chi connectivity index (χ0v) is 14.8. The first-order valence-corrected chi connectivity index (χ1v) is 9.30. The van der Waals surface area contributed by atoms with Crippen LogP contribution >= 0.6 is 0 Å². The number of hydrogen-bond acceptors (Lipinski definition) is 5. The van der Waals surface area contributed by atoms with Crippen molar-refractivity contribution < 1.29 is 4.74 Å². The molecule has 6 nitrogen and oxygen atoms in total. The van der Waals surface area contributed by atoms with Crippen LogP contribution in [0, 0.1) is 0 Å². The van der Waals surface area contributed by atoms with Crippen LogP contribution in [0.2, 0.25) is 0 Å². The van der Waals surface area contributed by atoms with Crippen molar-refractivity contribution in [1.82, 2.24) is 14.5 Å². The van der Waals surface area contributed by atoms with Crippen LogP contribution in [0.3, 0.4) is 0 Å². The maximum Gasteiger partial charge on any atom is 0.166 e. The second-order valence-corrected chi connectivity index (χ2v) is 7.28. The van der Waals surface area contributed by atoms with Crippen LogP contribution in [0.4, 0.5) is 5.82 Å². The van der Waals surface area contributed by atoms with Gasteiger partial charge in [-0.15, -0.1) is 0 Å². The molecule has 1 aromatic carbocycles. The minimum atomic E-state index is -0.128. The lowest BCUT2D eigenvalue weighted by atomic mass is 9.73. The number of ether oxygens (including phenoxy) is 1. The van der Waals surface area contributed by atoms with E-state index in [-0.39, 0.29) is 5.54 Å². The number of nitrogens with two attached hydrogens (primary N) is 1. The first kappa shape index (κ1) is 15.8. The first-order chi connectivity index (χ1) is 12.7.